The fraction of sp³-hybridized carbons (Fsp3) is 1.00. The normalized spacial score (nSPS) is 28.6. The van der Waals surface area contributed by atoms with E-state index >= 15 is 0 Å². The summed E-state index contributed by atoms with van der Waals surface area (Å²) in [7, 11) is 0. The molecule has 1 N–H and O–H groups in total. The fourth-order valence-electron chi connectivity index (χ4n) is 3.46. The van der Waals surface area contributed by atoms with Gasteiger partial charge in [0.15, 0.2) is 0 Å². The first-order chi connectivity index (χ1) is 9.01. The maximum Gasteiger partial charge on any atom is 0.0520 e. The van der Waals surface area contributed by atoms with E-state index in [2.05, 4.69) is 39.9 Å². The van der Waals surface area contributed by atoms with Crippen LogP contribution in [0, 0.1) is 17.3 Å². The molecule has 0 aromatic rings. The highest BCUT2D eigenvalue weighted by Crippen LogP contribution is 2.40. The molecule has 0 saturated heterocycles. The van der Waals surface area contributed by atoms with Crippen molar-refractivity contribution in [1.29, 1.82) is 0 Å². The predicted octanol–water partition coefficient (Wildman–Crippen LogP) is 4.24. The molecule has 1 aliphatic carbocycles. The van der Waals surface area contributed by atoms with E-state index in [0.717, 1.165) is 38.0 Å². The summed E-state index contributed by atoms with van der Waals surface area (Å²) in [4.78, 5) is 0. The zero-order valence-electron chi connectivity index (χ0n) is 13.8. The van der Waals surface area contributed by atoms with Crippen molar-refractivity contribution in [3.8, 4) is 0 Å². The van der Waals surface area contributed by atoms with Gasteiger partial charge >= 0.3 is 0 Å². The second kappa shape index (κ2) is 8.26. The molecule has 0 heterocycles. The Morgan fingerprint density at radius 3 is 2.53 bits per heavy atom. The minimum absolute atomic E-state index is 0.292. The molecule has 0 amide bonds. The number of ether oxygens (including phenoxy) is 1. The Balaban J connectivity index is 2.58. The summed E-state index contributed by atoms with van der Waals surface area (Å²) >= 11 is 0. The second-order valence-corrected chi connectivity index (χ2v) is 7.13. The van der Waals surface area contributed by atoms with Gasteiger partial charge in [-0.05, 0) is 49.5 Å². The van der Waals surface area contributed by atoms with Gasteiger partial charge in [0.1, 0.15) is 0 Å². The molecule has 2 nitrogen and oxygen atoms in total. The van der Waals surface area contributed by atoms with Crippen LogP contribution in [0.5, 0.6) is 0 Å². The van der Waals surface area contributed by atoms with E-state index < -0.39 is 0 Å². The Bertz CT molecular complexity index is 239. The molecule has 0 bridgehead atoms. The third-order valence-corrected chi connectivity index (χ3v) is 4.60. The Morgan fingerprint density at radius 1 is 1.16 bits per heavy atom. The third-order valence-electron chi connectivity index (χ3n) is 4.60. The minimum atomic E-state index is 0.292. The van der Waals surface area contributed by atoms with Crippen molar-refractivity contribution in [2.75, 3.05) is 19.8 Å². The van der Waals surface area contributed by atoms with Crippen molar-refractivity contribution >= 4 is 0 Å². The van der Waals surface area contributed by atoms with Gasteiger partial charge in [-0.1, -0.05) is 41.0 Å². The van der Waals surface area contributed by atoms with Crippen LogP contribution < -0.4 is 5.32 Å². The van der Waals surface area contributed by atoms with Gasteiger partial charge in [-0.2, -0.15) is 0 Å². The lowest BCUT2D eigenvalue weighted by atomic mass is 9.66. The number of nitrogens with one attached hydrogen (secondary N) is 1. The van der Waals surface area contributed by atoms with Crippen LogP contribution in [0.25, 0.3) is 0 Å². The highest BCUT2D eigenvalue weighted by Gasteiger charge is 2.38. The van der Waals surface area contributed by atoms with Crippen molar-refractivity contribution in [1.82, 2.24) is 5.32 Å². The Morgan fingerprint density at radius 2 is 1.89 bits per heavy atom. The molecule has 0 radical (unpaired) electrons. The van der Waals surface area contributed by atoms with E-state index in [1.807, 2.05) is 0 Å². The molecule has 114 valence electrons. The molecule has 1 saturated carbocycles. The van der Waals surface area contributed by atoms with Gasteiger partial charge in [0, 0.05) is 12.6 Å². The first-order valence-electron chi connectivity index (χ1n) is 8.32. The zero-order valence-corrected chi connectivity index (χ0v) is 13.8. The van der Waals surface area contributed by atoms with Crippen LogP contribution in [0.15, 0.2) is 0 Å². The molecule has 1 fully saturated rings. The van der Waals surface area contributed by atoms with Gasteiger partial charge in [0.2, 0.25) is 0 Å². The van der Waals surface area contributed by atoms with E-state index in [1.165, 1.54) is 25.7 Å². The molecule has 3 unspecified atom stereocenters. The van der Waals surface area contributed by atoms with Crippen LogP contribution in [-0.2, 0) is 4.74 Å². The summed E-state index contributed by atoms with van der Waals surface area (Å²) in [6, 6.07) is 0.684. The Labute approximate surface area is 120 Å². The van der Waals surface area contributed by atoms with Crippen molar-refractivity contribution in [2.45, 2.75) is 72.8 Å². The average molecular weight is 269 g/mol. The maximum atomic E-state index is 5.85. The lowest BCUT2D eigenvalue weighted by molar-refractivity contribution is -0.00113. The van der Waals surface area contributed by atoms with Crippen molar-refractivity contribution < 1.29 is 4.74 Å². The first-order valence-corrected chi connectivity index (χ1v) is 8.32. The van der Waals surface area contributed by atoms with Crippen LogP contribution in [0.3, 0.4) is 0 Å². The van der Waals surface area contributed by atoms with E-state index in [4.69, 9.17) is 4.74 Å². The highest BCUT2D eigenvalue weighted by atomic mass is 16.5. The van der Waals surface area contributed by atoms with Gasteiger partial charge in [0.25, 0.3) is 0 Å². The zero-order chi connectivity index (χ0) is 14.3. The van der Waals surface area contributed by atoms with Crippen LogP contribution in [0.1, 0.15) is 66.7 Å². The summed E-state index contributed by atoms with van der Waals surface area (Å²) in [5, 5.41) is 3.79. The largest absolute Gasteiger partial charge is 0.381 e. The molecule has 0 aliphatic heterocycles. The monoisotopic (exact) mass is 269 g/mol. The van der Waals surface area contributed by atoms with Gasteiger partial charge in [-0.15, -0.1) is 0 Å². The van der Waals surface area contributed by atoms with Crippen LogP contribution in [0.4, 0.5) is 0 Å². The van der Waals surface area contributed by atoms with Crippen molar-refractivity contribution in [3.63, 3.8) is 0 Å². The molecule has 0 spiro atoms. The molecule has 3 atom stereocenters. The maximum absolute atomic E-state index is 5.85. The predicted molar refractivity (Wildman–Crippen MR) is 83.5 cm³/mol. The van der Waals surface area contributed by atoms with Gasteiger partial charge in [0.05, 0.1) is 6.61 Å². The SMILES string of the molecule is CCCNC1CC(C)CCC1C(C)(C)COCCC. The van der Waals surface area contributed by atoms with Crippen LogP contribution >= 0.6 is 0 Å². The van der Waals surface area contributed by atoms with Crippen LogP contribution in [0.2, 0.25) is 0 Å². The van der Waals surface area contributed by atoms with Gasteiger partial charge in [-0.3, -0.25) is 0 Å². The number of hydrogen-bond donors (Lipinski definition) is 1. The summed E-state index contributed by atoms with van der Waals surface area (Å²) < 4.78 is 5.85. The fourth-order valence-corrected chi connectivity index (χ4v) is 3.46. The summed E-state index contributed by atoms with van der Waals surface area (Å²) in [5.41, 5.74) is 0.292. The summed E-state index contributed by atoms with van der Waals surface area (Å²) in [6.45, 7) is 14.6. The average Bonchev–Trinajstić information content (AvgIpc) is 2.36. The van der Waals surface area contributed by atoms with E-state index in [1.54, 1.807) is 0 Å². The van der Waals surface area contributed by atoms with E-state index in [0.29, 0.717) is 11.5 Å². The molecular weight excluding hydrogens is 234 g/mol. The van der Waals surface area contributed by atoms with E-state index in [-0.39, 0.29) is 0 Å². The van der Waals surface area contributed by atoms with Crippen LogP contribution in [-0.4, -0.2) is 25.8 Å². The van der Waals surface area contributed by atoms with E-state index in [9.17, 15) is 0 Å². The molecule has 1 aliphatic rings. The summed E-state index contributed by atoms with van der Waals surface area (Å²) in [6.07, 6.45) is 6.42. The van der Waals surface area contributed by atoms with Gasteiger partial charge < -0.3 is 10.1 Å². The smallest absolute Gasteiger partial charge is 0.0520 e. The van der Waals surface area contributed by atoms with Gasteiger partial charge in [-0.25, -0.2) is 0 Å². The summed E-state index contributed by atoms with van der Waals surface area (Å²) in [5.74, 6) is 1.63. The van der Waals surface area contributed by atoms with Crippen molar-refractivity contribution in [3.05, 3.63) is 0 Å². The molecule has 0 aromatic heterocycles. The molecule has 0 aromatic carbocycles. The minimum Gasteiger partial charge on any atom is -0.381 e. The topological polar surface area (TPSA) is 21.3 Å². The molecule has 2 heteroatoms. The van der Waals surface area contributed by atoms with Crippen molar-refractivity contribution in [2.24, 2.45) is 17.3 Å². The highest BCUT2D eigenvalue weighted by molar-refractivity contribution is 4.92. The molecule has 19 heavy (non-hydrogen) atoms. The molecular formula is C17H35NO. The quantitative estimate of drug-likeness (QED) is 0.665. The lowest BCUT2D eigenvalue weighted by Crippen LogP contribution is -2.48. The first kappa shape index (κ1) is 17.0. The molecule has 1 rings (SSSR count). The number of hydrogen-bond acceptors (Lipinski definition) is 2. The Hall–Kier alpha value is -0.0800. The standard InChI is InChI=1S/C17H35NO/c1-6-10-18-16-12-14(3)8-9-15(16)17(4,5)13-19-11-7-2/h14-16,18H,6-13H2,1-5H3. The third kappa shape index (κ3) is 5.43. The lowest BCUT2D eigenvalue weighted by Gasteiger charge is -2.44. The Kier molecular flexibility index (Phi) is 7.38. The second-order valence-electron chi connectivity index (χ2n) is 7.13. The number of rotatable bonds is 8.